The Morgan fingerprint density at radius 3 is 2.93 bits per heavy atom. The molecule has 0 bridgehead atoms. The Morgan fingerprint density at radius 1 is 1.47 bits per heavy atom. The molecule has 15 heavy (non-hydrogen) atoms. The van der Waals surface area contributed by atoms with E-state index in [2.05, 4.69) is 18.3 Å². The molecule has 0 aliphatic carbocycles. The van der Waals surface area contributed by atoms with Crippen molar-refractivity contribution in [2.75, 3.05) is 6.54 Å². The van der Waals surface area contributed by atoms with Crippen molar-refractivity contribution in [1.82, 2.24) is 5.32 Å². The summed E-state index contributed by atoms with van der Waals surface area (Å²) in [5.74, 6) is 0. The van der Waals surface area contributed by atoms with E-state index in [0.29, 0.717) is 0 Å². The van der Waals surface area contributed by atoms with Gasteiger partial charge in [-0.15, -0.1) is 0 Å². The van der Waals surface area contributed by atoms with Crippen molar-refractivity contribution in [3.05, 3.63) is 35.4 Å². The lowest BCUT2D eigenvalue weighted by molar-refractivity contribution is 0.136. The number of hydrogen-bond donors (Lipinski definition) is 2. The van der Waals surface area contributed by atoms with Gasteiger partial charge in [-0.05, 0) is 36.9 Å². The van der Waals surface area contributed by atoms with Gasteiger partial charge in [0.25, 0.3) is 0 Å². The first-order chi connectivity index (χ1) is 7.33. The minimum Gasteiger partial charge on any atom is -0.387 e. The zero-order valence-electron chi connectivity index (χ0n) is 9.24. The van der Waals surface area contributed by atoms with Gasteiger partial charge in [0, 0.05) is 6.04 Å². The molecule has 1 fully saturated rings. The highest BCUT2D eigenvalue weighted by Crippen LogP contribution is 2.25. The van der Waals surface area contributed by atoms with Crippen LogP contribution >= 0.6 is 0 Å². The minimum atomic E-state index is -0.344. The van der Waals surface area contributed by atoms with Crippen LogP contribution in [0.2, 0.25) is 0 Å². The van der Waals surface area contributed by atoms with Gasteiger partial charge in [0.2, 0.25) is 0 Å². The van der Waals surface area contributed by atoms with Crippen LogP contribution in [-0.2, 0) is 6.42 Å². The van der Waals surface area contributed by atoms with Gasteiger partial charge >= 0.3 is 0 Å². The molecule has 2 rings (SSSR count). The van der Waals surface area contributed by atoms with E-state index < -0.39 is 0 Å². The minimum absolute atomic E-state index is 0.248. The smallest absolute Gasteiger partial charge is 0.0945 e. The van der Waals surface area contributed by atoms with E-state index in [9.17, 15) is 5.11 Å². The van der Waals surface area contributed by atoms with Gasteiger partial charge in [0.1, 0.15) is 0 Å². The first kappa shape index (κ1) is 10.7. The van der Waals surface area contributed by atoms with Crippen molar-refractivity contribution in [1.29, 1.82) is 0 Å². The lowest BCUT2D eigenvalue weighted by atomic mass is 9.95. The Bertz CT molecular complexity index is 318. The predicted octanol–water partition coefficient (Wildman–Crippen LogP) is 2.03. The molecule has 0 radical (unpaired) electrons. The maximum Gasteiger partial charge on any atom is 0.0945 e. The first-order valence-corrected chi connectivity index (χ1v) is 5.82. The van der Waals surface area contributed by atoms with Crippen molar-refractivity contribution in [2.24, 2.45) is 0 Å². The summed E-state index contributed by atoms with van der Waals surface area (Å²) in [5, 5.41) is 13.6. The van der Waals surface area contributed by atoms with Crippen LogP contribution in [0.5, 0.6) is 0 Å². The fourth-order valence-corrected chi connectivity index (χ4v) is 2.34. The molecule has 1 aliphatic rings. The van der Waals surface area contributed by atoms with Crippen molar-refractivity contribution < 1.29 is 5.11 Å². The van der Waals surface area contributed by atoms with Gasteiger partial charge in [-0.3, -0.25) is 0 Å². The predicted molar refractivity (Wildman–Crippen MR) is 61.8 cm³/mol. The molecular weight excluding hydrogens is 186 g/mol. The molecule has 1 saturated heterocycles. The fraction of sp³-hybridized carbons (Fsp3) is 0.538. The molecular formula is C13H19NO. The van der Waals surface area contributed by atoms with Crippen molar-refractivity contribution in [2.45, 2.75) is 38.3 Å². The normalized spacial score (nSPS) is 22.9. The highest BCUT2D eigenvalue weighted by Gasteiger charge is 2.24. The molecule has 1 aliphatic heterocycles. The van der Waals surface area contributed by atoms with Crippen LogP contribution in [0.15, 0.2) is 24.3 Å². The molecule has 2 atom stereocenters. The average molecular weight is 205 g/mol. The number of rotatable bonds is 3. The summed E-state index contributed by atoms with van der Waals surface area (Å²) >= 11 is 0. The number of hydrogen-bond acceptors (Lipinski definition) is 2. The van der Waals surface area contributed by atoms with Crippen LogP contribution in [-0.4, -0.2) is 17.7 Å². The van der Waals surface area contributed by atoms with Crippen LogP contribution in [0.25, 0.3) is 0 Å². The third kappa shape index (κ3) is 2.21. The van der Waals surface area contributed by atoms with Crippen molar-refractivity contribution >= 4 is 0 Å². The van der Waals surface area contributed by atoms with Crippen molar-refractivity contribution in [3.63, 3.8) is 0 Å². The summed E-state index contributed by atoms with van der Waals surface area (Å²) in [7, 11) is 0. The summed E-state index contributed by atoms with van der Waals surface area (Å²) in [6.07, 6.45) is 2.90. The third-order valence-electron chi connectivity index (χ3n) is 3.23. The number of aryl methyl sites for hydroxylation is 1. The van der Waals surface area contributed by atoms with Crippen LogP contribution in [0.3, 0.4) is 0 Å². The number of nitrogens with one attached hydrogen (secondary N) is 1. The number of aliphatic hydroxyl groups is 1. The second kappa shape index (κ2) is 4.77. The Kier molecular flexibility index (Phi) is 3.39. The van der Waals surface area contributed by atoms with E-state index in [1.807, 2.05) is 18.2 Å². The molecule has 2 N–H and O–H groups in total. The molecule has 0 aromatic heterocycles. The lowest BCUT2D eigenvalue weighted by Gasteiger charge is -2.21. The molecule has 1 heterocycles. The largest absolute Gasteiger partial charge is 0.387 e. The maximum atomic E-state index is 10.3. The number of aliphatic hydroxyl groups excluding tert-OH is 1. The average Bonchev–Trinajstić information content (AvgIpc) is 2.81. The zero-order valence-corrected chi connectivity index (χ0v) is 9.24. The van der Waals surface area contributed by atoms with Gasteiger partial charge < -0.3 is 10.4 Å². The molecule has 2 heteroatoms. The monoisotopic (exact) mass is 205 g/mol. The fourth-order valence-electron chi connectivity index (χ4n) is 2.34. The SMILES string of the molecule is CCc1ccccc1C(O)C1CCCN1. The van der Waals surface area contributed by atoms with Crippen LogP contribution in [0.4, 0.5) is 0 Å². The van der Waals surface area contributed by atoms with Gasteiger partial charge in [-0.1, -0.05) is 31.2 Å². The topological polar surface area (TPSA) is 32.3 Å². The first-order valence-electron chi connectivity index (χ1n) is 5.82. The van der Waals surface area contributed by atoms with Gasteiger partial charge in [-0.25, -0.2) is 0 Å². The standard InChI is InChI=1S/C13H19NO/c1-2-10-6-3-4-7-11(10)13(15)12-8-5-9-14-12/h3-4,6-7,12-15H,2,5,8-9H2,1H3. The summed E-state index contributed by atoms with van der Waals surface area (Å²) in [6, 6.07) is 8.44. The third-order valence-corrected chi connectivity index (χ3v) is 3.23. The lowest BCUT2D eigenvalue weighted by Crippen LogP contribution is -2.29. The van der Waals surface area contributed by atoms with Crippen LogP contribution in [0, 0.1) is 0 Å². The van der Waals surface area contributed by atoms with Gasteiger partial charge in [0.05, 0.1) is 6.10 Å². The highest BCUT2D eigenvalue weighted by molar-refractivity contribution is 5.30. The van der Waals surface area contributed by atoms with E-state index in [4.69, 9.17) is 0 Å². The van der Waals surface area contributed by atoms with Crippen molar-refractivity contribution in [3.8, 4) is 0 Å². The second-order valence-corrected chi connectivity index (χ2v) is 4.20. The Hall–Kier alpha value is -0.860. The molecule has 0 spiro atoms. The molecule has 0 amide bonds. The quantitative estimate of drug-likeness (QED) is 0.791. The van der Waals surface area contributed by atoms with E-state index in [-0.39, 0.29) is 12.1 Å². The Labute approximate surface area is 91.3 Å². The summed E-state index contributed by atoms with van der Waals surface area (Å²) in [6.45, 7) is 3.17. The van der Waals surface area contributed by atoms with E-state index in [1.54, 1.807) is 0 Å². The molecule has 0 saturated carbocycles. The van der Waals surface area contributed by atoms with Crippen LogP contribution in [0.1, 0.15) is 37.0 Å². The molecule has 2 nitrogen and oxygen atoms in total. The van der Waals surface area contributed by atoms with E-state index in [0.717, 1.165) is 24.9 Å². The summed E-state index contributed by atoms with van der Waals surface area (Å²) in [5.41, 5.74) is 2.36. The van der Waals surface area contributed by atoms with Gasteiger partial charge in [0.15, 0.2) is 0 Å². The molecule has 1 aromatic rings. The number of benzene rings is 1. The van der Waals surface area contributed by atoms with E-state index >= 15 is 0 Å². The maximum absolute atomic E-state index is 10.3. The highest BCUT2D eigenvalue weighted by atomic mass is 16.3. The Balaban J connectivity index is 2.19. The van der Waals surface area contributed by atoms with Crippen LogP contribution < -0.4 is 5.32 Å². The second-order valence-electron chi connectivity index (χ2n) is 4.20. The molecule has 1 aromatic carbocycles. The molecule has 2 unspecified atom stereocenters. The Morgan fingerprint density at radius 2 is 2.27 bits per heavy atom. The summed E-state index contributed by atoms with van der Waals surface area (Å²) < 4.78 is 0. The van der Waals surface area contributed by atoms with E-state index in [1.165, 1.54) is 12.0 Å². The van der Waals surface area contributed by atoms with Gasteiger partial charge in [-0.2, -0.15) is 0 Å². The zero-order chi connectivity index (χ0) is 10.7. The molecule has 82 valence electrons. The summed E-state index contributed by atoms with van der Waals surface area (Å²) in [4.78, 5) is 0.